The largest absolute Gasteiger partial charge is 0.436 e. The van der Waals surface area contributed by atoms with Gasteiger partial charge >= 0.3 is 0 Å². The van der Waals surface area contributed by atoms with Crippen LogP contribution in [0.2, 0.25) is 10.0 Å². The van der Waals surface area contributed by atoms with E-state index < -0.39 is 0 Å². The van der Waals surface area contributed by atoms with Crippen LogP contribution in [0, 0.1) is 0 Å². The van der Waals surface area contributed by atoms with Gasteiger partial charge in [-0.1, -0.05) is 23.2 Å². The molecular weight excluding hydrogens is 323 g/mol. The minimum atomic E-state index is -0.145. The predicted molar refractivity (Wildman–Crippen MR) is 87.5 cm³/mol. The number of fused-ring (bicyclic) bond motifs is 1. The van der Waals surface area contributed by atoms with Gasteiger partial charge in [-0.2, -0.15) is 0 Å². The highest BCUT2D eigenvalue weighted by molar-refractivity contribution is 6.35. The van der Waals surface area contributed by atoms with Crippen molar-refractivity contribution in [3.8, 4) is 11.5 Å². The van der Waals surface area contributed by atoms with E-state index in [0.717, 1.165) is 0 Å². The fourth-order valence-corrected chi connectivity index (χ4v) is 2.66. The predicted octanol–water partition coefficient (Wildman–Crippen LogP) is 4.55. The van der Waals surface area contributed by atoms with E-state index in [-0.39, 0.29) is 5.91 Å². The van der Waals surface area contributed by atoms with Crippen molar-refractivity contribution in [1.82, 2.24) is 10.3 Å². The van der Waals surface area contributed by atoms with E-state index in [4.69, 9.17) is 27.6 Å². The van der Waals surface area contributed by atoms with Crippen molar-refractivity contribution in [2.24, 2.45) is 0 Å². The standard InChI is InChI=1S/C16H12Cl2N2O2/c1-2-19-15(21)9-3-4-13-14(7-9)22-16(20-13)10-5-11(17)8-12(18)6-10/h3-8H,2H2,1H3,(H,19,21). The molecule has 0 fully saturated rings. The molecule has 1 aromatic heterocycles. The SMILES string of the molecule is CCNC(=O)c1ccc2nc(-c3cc(Cl)cc(Cl)c3)oc2c1. The summed E-state index contributed by atoms with van der Waals surface area (Å²) < 4.78 is 5.72. The van der Waals surface area contributed by atoms with Crippen LogP contribution < -0.4 is 5.32 Å². The lowest BCUT2D eigenvalue weighted by Gasteiger charge is -2.00. The van der Waals surface area contributed by atoms with Gasteiger partial charge < -0.3 is 9.73 Å². The fraction of sp³-hybridized carbons (Fsp3) is 0.125. The molecule has 0 saturated carbocycles. The summed E-state index contributed by atoms with van der Waals surface area (Å²) in [6, 6.07) is 10.2. The normalized spacial score (nSPS) is 10.9. The number of hydrogen-bond donors (Lipinski definition) is 1. The molecule has 0 unspecified atom stereocenters. The molecule has 0 bridgehead atoms. The quantitative estimate of drug-likeness (QED) is 0.764. The lowest BCUT2D eigenvalue weighted by Crippen LogP contribution is -2.22. The average molecular weight is 335 g/mol. The number of nitrogens with zero attached hydrogens (tertiary/aromatic N) is 1. The summed E-state index contributed by atoms with van der Waals surface area (Å²) in [5.74, 6) is 0.264. The van der Waals surface area contributed by atoms with Crippen molar-refractivity contribution < 1.29 is 9.21 Å². The third-order valence-electron chi connectivity index (χ3n) is 3.10. The van der Waals surface area contributed by atoms with Crippen LogP contribution in [0.25, 0.3) is 22.6 Å². The number of rotatable bonds is 3. The maximum atomic E-state index is 11.8. The van der Waals surface area contributed by atoms with Gasteiger partial charge in [0.2, 0.25) is 5.89 Å². The van der Waals surface area contributed by atoms with Crippen LogP contribution in [0.15, 0.2) is 40.8 Å². The van der Waals surface area contributed by atoms with Crippen LogP contribution >= 0.6 is 23.2 Å². The maximum Gasteiger partial charge on any atom is 0.251 e. The number of oxazole rings is 1. The maximum absolute atomic E-state index is 11.8. The highest BCUT2D eigenvalue weighted by Gasteiger charge is 2.12. The summed E-state index contributed by atoms with van der Waals surface area (Å²) in [6.07, 6.45) is 0. The minimum Gasteiger partial charge on any atom is -0.436 e. The molecule has 22 heavy (non-hydrogen) atoms. The molecule has 1 heterocycles. The number of amides is 1. The minimum absolute atomic E-state index is 0.145. The van der Waals surface area contributed by atoms with Gasteiger partial charge in [0.25, 0.3) is 5.91 Å². The highest BCUT2D eigenvalue weighted by atomic mass is 35.5. The molecule has 3 rings (SSSR count). The van der Waals surface area contributed by atoms with Crippen LogP contribution in [0.5, 0.6) is 0 Å². The topological polar surface area (TPSA) is 55.1 Å². The van der Waals surface area contributed by atoms with E-state index >= 15 is 0 Å². The number of halogens is 2. The first-order valence-corrected chi connectivity index (χ1v) is 7.47. The molecule has 6 heteroatoms. The Hall–Kier alpha value is -2.04. The first-order valence-electron chi connectivity index (χ1n) is 6.72. The lowest BCUT2D eigenvalue weighted by molar-refractivity contribution is 0.0956. The van der Waals surface area contributed by atoms with E-state index in [1.807, 2.05) is 6.92 Å². The van der Waals surface area contributed by atoms with E-state index in [1.165, 1.54) is 0 Å². The molecule has 3 aromatic rings. The Morgan fingerprint density at radius 3 is 2.59 bits per heavy atom. The summed E-state index contributed by atoms with van der Waals surface area (Å²) in [4.78, 5) is 16.2. The second-order valence-electron chi connectivity index (χ2n) is 4.72. The lowest BCUT2D eigenvalue weighted by atomic mass is 10.2. The van der Waals surface area contributed by atoms with Crippen molar-refractivity contribution in [1.29, 1.82) is 0 Å². The third-order valence-corrected chi connectivity index (χ3v) is 3.53. The van der Waals surface area contributed by atoms with Gasteiger partial charge in [-0.05, 0) is 43.3 Å². The molecule has 0 aliphatic carbocycles. The Morgan fingerprint density at radius 1 is 1.18 bits per heavy atom. The van der Waals surface area contributed by atoms with Gasteiger partial charge in [-0.15, -0.1) is 0 Å². The molecule has 0 atom stereocenters. The van der Waals surface area contributed by atoms with Gasteiger partial charge in [0.1, 0.15) is 5.52 Å². The van der Waals surface area contributed by atoms with E-state index in [9.17, 15) is 4.79 Å². The number of aromatic nitrogens is 1. The van der Waals surface area contributed by atoms with Crippen LogP contribution in [0.1, 0.15) is 17.3 Å². The molecule has 1 N–H and O–H groups in total. The summed E-state index contributed by atoms with van der Waals surface area (Å²) >= 11 is 12.0. The number of hydrogen-bond acceptors (Lipinski definition) is 3. The molecule has 4 nitrogen and oxygen atoms in total. The van der Waals surface area contributed by atoms with Gasteiger partial charge in [-0.25, -0.2) is 4.98 Å². The number of carbonyl (C=O) groups excluding carboxylic acids is 1. The van der Waals surface area contributed by atoms with Crippen molar-refractivity contribution >= 4 is 40.2 Å². The zero-order valence-corrected chi connectivity index (χ0v) is 13.2. The van der Waals surface area contributed by atoms with Gasteiger partial charge in [0, 0.05) is 27.7 Å². The molecular formula is C16H12Cl2N2O2. The summed E-state index contributed by atoms with van der Waals surface area (Å²) in [7, 11) is 0. The van der Waals surface area contributed by atoms with Crippen LogP contribution in [0.3, 0.4) is 0 Å². The van der Waals surface area contributed by atoms with Gasteiger partial charge in [-0.3, -0.25) is 4.79 Å². The molecule has 0 spiro atoms. The van der Waals surface area contributed by atoms with E-state index in [0.29, 0.717) is 44.7 Å². The number of benzene rings is 2. The average Bonchev–Trinajstić information content (AvgIpc) is 2.89. The Bertz CT molecular complexity index is 838. The molecule has 0 radical (unpaired) electrons. The Morgan fingerprint density at radius 2 is 1.91 bits per heavy atom. The molecule has 0 saturated heterocycles. The molecule has 2 aromatic carbocycles. The van der Waals surface area contributed by atoms with Crippen LogP contribution in [-0.2, 0) is 0 Å². The van der Waals surface area contributed by atoms with Crippen molar-refractivity contribution in [3.05, 3.63) is 52.0 Å². The second kappa shape index (κ2) is 5.99. The summed E-state index contributed by atoms with van der Waals surface area (Å²) in [6.45, 7) is 2.44. The Kier molecular flexibility index (Phi) is 4.05. The van der Waals surface area contributed by atoms with E-state index in [1.54, 1.807) is 36.4 Å². The Labute approximate surface area is 137 Å². The van der Waals surface area contributed by atoms with E-state index in [2.05, 4.69) is 10.3 Å². The van der Waals surface area contributed by atoms with Crippen molar-refractivity contribution in [3.63, 3.8) is 0 Å². The summed E-state index contributed by atoms with van der Waals surface area (Å²) in [5.41, 5.74) is 2.42. The second-order valence-corrected chi connectivity index (χ2v) is 5.59. The monoisotopic (exact) mass is 334 g/mol. The first kappa shape index (κ1) is 14.9. The zero-order chi connectivity index (χ0) is 15.7. The smallest absolute Gasteiger partial charge is 0.251 e. The van der Waals surface area contributed by atoms with Crippen LogP contribution in [0.4, 0.5) is 0 Å². The third kappa shape index (κ3) is 2.93. The van der Waals surface area contributed by atoms with Crippen molar-refractivity contribution in [2.45, 2.75) is 6.92 Å². The van der Waals surface area contributed by atoms with Crippen molar-refractivity contribution in [2.75, 3.05) is 6.54 Å². The molecule has 0 aliphatic heterocycles. The first-order chi connectivity index (χ1) is 10.6. The molecule has 0 aliphatic rings. The summed E-state index contributed by atoms with van der Waals surface area (Å²) in [5, 5.41) is 3.76. The highest BCUT2D eigenvalue weighted by Crippen LogP contribution is 2.29. The van der Waals surface area contributed by atoms with Crippen LogP contribution in [-0.4, -0.2) is 17.4 Å². The fourth-order valence-electron chi connectivity index (χ4n) is 2.13. The molecule has 112 valence electrons. The van der Waals surface area contributed by atoms with Gasteiger partial charge in [0.05, 0.1) is 0 Å². The number of nitrogens with one attached hydrogen (secondary N) is 1. The number of carbonyl (C=O) groups is 1. The zero-order valence-electron chi connectivity index (χ0n) is 11.7. The molecule has 1 amide bonds. The Balaban J connectivity index is 2.04. The van der Waals surface area contributed by atoms with Gasteiger partial charge in [0.15, 0.2) is 5.58 Å².